The maximum Gasteiger partial charge on any atom is 0.313 e. The van der Waals surface area contributed by atoms with Gasteiger partial charge in [0.1, 0.15) is 6.42 Å². The van der Waals surface area contributed by atoms with Gasteiger partial charge in [-0.3, -0.25) is 14.4 Å². The molecular formula is C15H19NO4. The highest BCUT2D eigenvalue weighted by Crippen LogP contribution is 2.16. The highest BCUT2D eigenvalue weighted by molar-refractivity contribution is 6.06. The average Bonchev–Trinajstić information content (AvgIpc) is 2.40. The highest BCUT2D eigenvalue weighted by Gasteiger charge is 2.14. The fourth-order valence-electron chi connectivity index (χ4n) is 1.86. The minimum absolute atomic E-state index is 0.0573. The number of amides is 1. The summed E-state index contributed by atoms with van der Waals surface area (Å²) >= 11 is 0. The Bertz CT molecular complexity index is 493. The lowest BCUT2D eigenvalue weighted by atomic mass is 10.1. The molecule has 5 nitrogen and oxygen atoms in total. The van der Waals surface area contributed by atoms with E-state index in [0.29, 0.717) is 12.1 Å². The number of rotatable bonds is 6. The number of nitrogens with zero attached hydrogens (tertiary/aromatic N) is 1. The maximum absolute atomic E-state index is 11.8. The number of carbonyl (C=O) groups is 3. The van der Waals surface area contributed by atoms with Gasteiger partial charge >= 0.3 is 5.97 Å². The van der Waals surface area contributed by atoms with E-state index in [1.807, 2.05) is 6.92 Å². The van der Waals surface area contributed by atoms with Crippen molar-refractivity contribution < 1.29 is 19.1 Å². The molecule has 1 rings (SSSR count). The minimum Gasteiger partial charge on any atom is -0.466 e. The molecule has 0 spiro atoms. The van der Waals surface area contributed by atoms with Crippen LogP contribution in [0.2, 0.25) is 0 Å². The van der Waals surface area contributed by atoms with Gasteiger partial charge < -0.3 is 9.64 Å². The molecule has 0 aliphatic rings. The first-order valence-electron chi connectivity index (χ1n) is 6.56. The first-order valence-corrected chi connectivity index (χ1v) is 6.56. The third kappa shape index (κ3) is 4.19. The summed E-state index contributed by atoms with van der Waals surface area (Å²) in [7, 11) is 0. The van der Waals surface area contributed by atoms with Crippen LogP contribution in [0.1, 0.15) is 37.6 Å². The zero-order chi connectivity index (χ0) is 15.1. The summed E-state index contributed by atoms with van der Waals surface area (Å²) in [6.07, 6.45) is -0.266. The van der Waals surface area contributed by atoms with Crippen LogP contribution in [0.3, 0.4) is 0 Å². The van der Waals surface area contributed by atoms with E-state index in [9.17, 15) is 14.4 Å². The van der Waals surface area contributed by atoms with Crippen molar-refractivity contribution >= 4 is 23.3 Å². The quantitative estimate of drug-likeness (QED) is 0.454. The second-order valence-electron chi connectivity index (χ2n) is 4.22. The third-order valence-corrected chi connectivity index (χ3v) is 2.81. The van der Waals surface area contributed by atoms with Gasteiger partial charge in [-0.15, -0.1) is 0 Å². The summed E-state index contributed by atoms with van der Waals surface area (Å²) in [6, 6.07) is 6.62. The Hall–Kier alpha value is -2.17. The molecule has 0 fully saturated rings. The topological polar surface area (TPSA) is 63.7 Å². The second kappa shape index (κ2) is 7.43. The Morgan fingerprint density at radius 3 is 2.15 bits per heavy atom. The third-order valence-electron chi connectivity index (χ3n) is 2.81. The Labute approximate surface area is 118 Å². The SMILES string of the molecule is CCOC(=O)CC(=O)c1ccc(N(CC)C(C)=O)cc1. The van der Waals surface area contributed by atoms with E-state index in [4.69, 9.17) is 4.74 Å². The van der Waals surface area contributed by atoms with Crippen LogP contribution in [0.4, 0.5) is 5.69 Å². The highest BCUT2D eigenvalue weighted by atomic mass is 16.5. The van der Waals surface area contributed by atoms with Gasteiger partial charge in [0, 0.05) is 24.7 Å². The predicted octanol–water partition coefficient (Wildman–Crippen LogP) is 2.20. The zero-order valence-corrected chi connectivity index (χ0v) is 12.0. The molecule has 5 heteroatoms. The van der Waals surface area contributed by atoms with Crippen LogP contribution in [0.5, 0.6) is 0 Å². The molecule has 0 unspecified atom stereocenters. The molecular weight excluding hydrogens is 258 g/mol. The monoisotopic (exact) mass is 277 g/mol. The lowest BCUT2D eigenvalue weighted by Crippen LogP contribution is -2.27. The summed E-state index contributed by atoms with van der Waals surface area (Å²) in [4.78, 5) is 36.1. The number of esters is 1. The van der Waals surface area contributed by atoms with Crippen LogP contribution < -0.4 is 4.90 Å². The molecule has 0 aromatic heterocycles. The van der Waals surface area contributed by atoms with Gasteiger partial charge in [-0.1, -0.05) is 0 Å². The summed E-state index contributed by atoms with van der Waals surface area (Å²) in [5.41, 5.74) is 1.16. The lowest BCUT2D eigenvalue weighted by Gasteiger charge is -2.19. The molecule has 0 saturated heterocycles. The number of anilines is 1. The first-order chi connectivity index (χ1) is 9.49. The zero-order valence-electron chi connectivity index (χ0n) is 12.0. The largest absolute Gasteiger partial charge is 0.466 e. The normalized spacial score (nSPS) is 9.95. The molecule has 0 saturated carbocycles. The van der Waals surface area contributed by atoms with Crippen LogP contribution in [0.25, 0.3) is 0 Å². The molecule has 0 aliphatic carbocycles. The van der Waals surface area contributed by atoms with Crippen LogP contribution >= 0.6 is 0 Å². The van der Waals surface area contributed by atoms with E-state index in [1.165, 1.54) is 6.92 Å². The molecule has 0 radical (unpaired) electrons. The Balaban J connectivity index is 2.78. The molecule has 1 amide bonds. The average molecular weight is 277 g/mol. The van der Waals surface area contributed by atoms with Gasteiger partial charge in [-0.25, -0.2) is 0 Å². The second-order valence-corrected chi connectivity index (χ2v) is 4.22. The number of ether oxygens (including phenoxy) is 1. The Morgan fingerprint density at radius 1 is 1.10 bits per heavy atom. The predicted molar refractivity (Wildman–Crippen MR) is 75.7 cm³/mol. The Morgan fingerprint density at radius 2 is 1.70 bits per heavy atom. The van der Waals surface area contributed by atoms with Gasteiger partial charge in [0.2, 0.25) is 5.91 Å². The van der Waals surface area contributed by atoms with Crippen LogP contribution in [0.15, 0.2) is 24.3 Å². The summed E-state index contributed by atoms with van der Waals surface area (Å²) in [5, 5.41) is 0. The fourth-order valence-corrected chi connectivity index (χ4v) is 1.86. The smallest absolute Gasteiger partial charge is 0.313 e. The number of benzene rings is 1. The van der Waals surface area contributed by atoms with E-state index >= 15 is 0 Å². The van der Waals surface area contributed by atoms with Crippen LogP contribution in [0, 0.1) is 0 Å². The number of hydrogen-bond acceptors (Lipinski definition) is 4. The molecule has 0 atom stereocenters. The number of carbonyl (C=O) groups excluding carboxylic acids is 3. The van der Waals surface area contributed by atoms with Crippen LogP contribution in [-0.2, 0) is 14.3 Å². The van der Waals surface area contributed by atoms with E-state index in [0.717, 1.165) is 5.69 Å². The molecule has 0 aliphatic heterocycles. The molecule has 108 valence electrons. The summed E-state index contributed by atoms with van der Waals surface area (Å²) in [6.45, 7) is 5.88. The van der Waals surface area contributed by atoms with Crippen molar-refractivity contribution in [3.05, 3.63) is 29.8 Å². The standard InChI is InChI=1S/C15H19NO4/c1-4-16(11(3)17)13-8-6-12(7-9-13)14(18)10-15(19)20-5-2/h6-9H,4-5,10H2,1-3H3. The van der Waals surface area contributed by atoms with E-state index < -0.39 is 5.97 Å². The van der Waals surface area contributed by atoms with Gasteiger partial charge in [-0.05, 0) is 38.1 Å². The summed E-state index contributed by atoms with van der Waals surface area (Å²) in [5.74, 6) is -0.875. The molecule has 20 heavy (non-hydrogen) atoms. The number of hydrogen-bond donors (Lipinski definition) is 0. The van der Waals surface area contributed by atoms with Crippen molar-refractivity contribution in [1.82, 2.24) is 0 Å². The lowest BCUT2D eigenvalue weighted by molar-refractivity contribution is -0.142. The molecule has 0 bridgehead atoms. The Kier molecular flexibility index (Phi) is 5.90. The van der Waals surface area contributed by atoms with E-state index in [1.54, 1.807) is 36.1 Å². The van der Waals surface area contributed by atoms with Crippen molar-refractivity contribution in [3.8, 4) is 0 Å². The first kappa shape index (κ1) is 15.9. The molecule has 0 heterocycles. The van der Waals surface area contributed by atoms with Crippen molar-refractivity contribution in [2.75, 3.05) is 18.1 Å². The number of Topliss-reactive ketones (excluding diaryl/α,β-unsaturated/α-hetero) is 1. The maximum atomic E-state index is 11.8. The van der Waals surface area contributed by atoms with Crippen molar-refractivity contribution in [2.24, 2.45) is 0 Å². The van der Waals surface area contributed by atoms with Crippen molar-refractivity contribution in [1.29, 1.82) is 0 Å². The van der Waals surface area contributed by atoms with Gasteiger partial charge in [0.05, 0.1) is 6.61 Å². The molecule has 0 N–H and O–H groups in total. The number of ketones is 1. The minimum atomic E-state index is -0.527. The van der Waals surface area contributed by atoms with Gasteiger partial charge in [0.15, 0.2) is 5.78 Å². The van der Waals surface area contributed by atoms with Gasteiger partial charge in [-0.2, -0.15) is 0 Å². The van der Waals surface area contributed by atoms with E-state index in [2.05, 4.69) is 0 Å². The molecule has 1 aromatic rings. The van der Waals surface area contributed by atoms with E-state index in [-0.39, 0.29) is 24.7 Å². The van der Waals surface area contributed by atoms with Crippen LogP contribution in [-0.4, -0.2) is 30.8 Å². The van der Waals surface area contributed by atoms with Gasteiger partial charge in [0.25, 0.3) is 0 Å². The van der Waals surface area contributed by atoms with Crippen molar-refractivity contribution in [3.63, 3.8) is 0 Å². The fraction of sp³-hybridized carbons (Fsp3) is 0.400. The van der Waals surface area contributed by atoms with Crippen molar-refractivity contribution in [2.45, 2.75) is 27.2 Å². The molecule has 1 aromatic carbocycles. The summed E-state index contributed by atoms with van der Waals surface area (Å²) < 4.78 is 4.73.